The Kier molecular flexibility index (Phi) is 5.28. The van der Waals surface area contributed by atoms with Crippen LogP contribution in [0.2, 0.25) is 0 Å². The van der Waals surface area contributed by atoms with Crippen LogP contribution in [0, 0.1) is 15.9 Å². The van der Waals surface area contributed by atoms with Gasteiger partial charge in [0.25, 0.3) is 0 Å². The van der Waals surface area contributed by atoms with E-state index in [0.29, 0.717) is 24.8 Å². The number of nitro groups is 1. The molecule has 1 fully saturated rings. The highest BCUT2D eigenvalue weighted by atomic mass is 19.1. The van der Waals surface area contributed by atoms with Crippen molar-refractivity contribution in [3.63, 3.8) is 0 Å². The lowest BCUT2D eigenvalue weighted by Crippen LogP contribution is -2.34. The van der Waals surface area contributed by atoms with Gasteiger partial charge >= 0.3 is 5.69 Å². The van der Waals surface area contributed by atoms with Gasteiger partial charge in [0.05, 0.1) is 4.92 Å². The van der Waals surface area contributed by atoms with Crippen LogP contribution < -0.4 is 4.90 Å². The summed E-state index contributed by atoms with van der Waals surface area (Å²) in [5.74, 6) is -0.777. The fourth-order valence-electron chi connectivity index (χ4n) is 3.34. The highest BCUT2D eigenvalue weighted by Gasteiger charge is 2.27. The summed E-state index contributed by atoms with van der Waals surface area (Å²) < 4.78 is 13.9. The maximum absolute atomic E-state index is 13.9. The monoisotopic (exact) mass is 343 g/mol. The Hall–Kier alpha value is -2.47. The molecular formula is C19H22FN3O2. The molecule has 1 heterocycles. The molecule has 0 aromatic heterocycles. The van der Waals surface area contributed by atoms with Crippen LogP contribution in [0.3, 0.4) is 0 Å². The highest BCUT2D eigenvalue weighted by molar-refractivity contribution is 5.64. The van der Waals surface area contributed by atoms with Gasteiger partial charge in [-0.25, -0.2) is 0 Å². The van der Waals surface area contributed by atoms with Gasteiger partial charge in [-0.05, 0) is 31.0 Å². The third-order valence-corrected chi connectivity index (χ3v) is 4.81. The molecule has 0 amide bonds. The zero-order chi connectivity index (χ0) is 17.8. The second-order valence-electron chi connectivity index (χ2n) is 6.45. The third-order valence-electron chi connectivity index (χ3n) is 4.81. The van der Waals surface area contributed by atoms with E-state index in [1.54, 1.807) is 6.07 Å². The first kappa shape index (κ1) is 17.4. The molecule has 1 unspecified atom stereocenters. The standard InChI is InChI=1S/C19H22FN3O2/c1-15-10-11-21(18-9-5-8-17(20)19(18)23(24)25)12-13-22(15)14-16-6-3-2-4-7-16/h2-9,15H,10-14H2,1H3. The number of hydrogen-bond donors (Lipinski definition) is 0. The minimum absolute atomic E-state index is 0.359. The summed E-state index contributed by atoms with van der Waals surface area (Å²) in [6, 6.07) is 14.9. The van der Waals surface area contributed by atoms with Crippen molar-refractivity contribution in [1.29, 1.82) is 0 Å². The van der Waals surface area contributed by atoms with Crippen molar-refractivity contribution in [3.8, 4) is 0 Å². The predicted octanol–water partition coefficient (Wildman–Crippen LogP) is 3.83. The van der Waals surface area contributed by atoms with E-state index in [4.69, 9.17) is 0 Å². The van der Waals surface area contributed by atoms with E-state index in [2.05, 4.69) is 24.0 Å². The Morgan fingerprint density at radius 2 is 1.88 bits per heavy atom. The Morgan fingerprint density at radius 1 is 1.12 bits per heavy atom. The smallest absolute Gasteiger partial charge is 0.327 e. The molecule has 3 rings (SSSR count). The maximum atomic E-state index is 13.9. The van der Waals surface area contributed by atoms with Gasteiger partial charge in [0, 0.05) is 32.2 Å². The molecule has 25 heavy (non-hydrogen) atoms. The number of rotatable bonds is 4. The van der Waals surface area contributed by atoms with Crippen molar-refractivity contribution >= 4 is 11.4 Å². The first-order chi connectivity index (χ1) is 12.1. The molecule has 1 atom stereocenters. The third kappa shape index (κ3) is 3.96. The second kappa shape index (κ2) is 7.61. The second-order valence-corrected chi connectivity index (χ2v) is 6.45. The quantitative estimate of drug-likeness (QED) is 0.625. The average Bonchev–Trinajstić information content (AvgIpc) is 2.78. The molecule has 0 N–H and O–H groups in total. The molecular weight excluding hydrogens is 321 g/mol. The van der Waals surface area contributed by atoms with Gasteiger partial charge < -0.3 is 4.90 Å². The number of anilines is 1. The molecule has 2 aromatic carbocycles. The molecule has 1 saturated heterocycles. The number of para-hydroxylation sites is 1. The van der Waals surface area contributed by atoms with Crippen molar-refractivity contribution in [3.05, 3.63) is 70.0 Å². The molecule has 0 saturated carbocycles. The Balaban J connectivity index is 1.77. The number of hydrogen-bond acceptors (Lipinski definition) is 4. The van der Waals surface area contributed by atoms with Crippen molar-refractivity contribution in [1.82, 2.24) is 4.90 Å². The SMILES string of the molecule is CC1CCN(c2cccc(F)c2[N+](=O)[O-])CCN1Cc1ccccc1. The fraction of sp³-hybridized carbons (Fsp3) is 0.368. The number of nitrogens with zero attached hydrogens (tertiary/aromatic N) is 3. The summed E-state index contributed by atoms with van der Waals surface area (Å²) in [5, 5.41) is 11.3. The van der Waals surface area contributed by atoms with Crippen LogP contribution in [0.25, 0.3) is 0 Å². The Bertz CT molecular complexity index is 739. The van der Waals surface area contributed by atoms with Gasteiger partial charge in [-0.1, -0.05) is 36.4 Å². The molecule has 132 valence electrons. The normalized spacial score (nSPS) is 18.8. The lowest BCUT2D eigenvalue weighted by Gasteiger charge is -2.26. The Morgan fingerprint density at radius 3 is 2.60 bits per heavy atom. The molecule has 1 aliphatic rings. The molecule has 0 aliphatic carbocycles. The summed E-state index contributed by atoms with van der Waals surface area (Å²) in [6.45, 7) is 5.12. The van der Waals surface area contributed by atoms with E-state index in [9.17, 15) is 14.5 Å². The van der Waals surface area contributed by atoms with Gasteiger partial charge in [0.15, 0.2) is 0 Å². The van der Waals surface area contributed by atoms with Gasteiger partial charge in [-0.15, -0.1) is 0 Å². The number of halogens is 1. The molecule has 5 nitrogen and oxygen atoms in total. The van der Waals surface area contributed by atoms with Crippen LogP contribution in [0.15, 0.2) is 48.5 Å². The molecule has 1 aliphatic heterocycles. The number of benzene rings is 2. The van der Waals surface area contributed by atoms with E-state index >= 15 is 0 Å². The Labute approximate surface area is 146 Å². The lowest BCUT2D eigenvalue weighted by molar-refractivity contribution is -0.386. The van der Waals surface area contributed by atoms with Crippen LogP contribution in [-0.2, 0) is 6.54 Å². The molecule has 6 heteroatoms. The molecule has 0 radical (unpaired) electrons. The summed E-state index contributed by atoms with van der Waals surface area (Å²) in [4.78, 5) is 15.0. The van der Waals surface area contributed by atoms with Crippen LogP contribution in [0.1, 0.15) is 18.9 Å². The predicted molar refractivity (Wildman–Crippen MR) is 96.2 cm³/mol. The summed E-state index contributed by atoms with van der Waals surface area (Å²) >= 11 is 0. The lowest BCUT2D eigenvalue weighted by atomic mass is 10.1. The fourth-order valence-corrected chi connectivity index (χ4v) is 3.34. The van der Waals surface area contributed by atoms with E-state index in [0.717, 1.165) is 25.6 Å². The first-order valence-electron chi connectivity index (χ1n) is 8.52. The van der Waals surface area contributed by atoms with Gasteiger partial charge in [0.1, 0.15) is 5.69 Å². The zero-order valence-corrected chi connectivity index (χ0v) is 14.3. The van der Waals surface area contributed by atoms with Crippen LogP contribution in [-0.4, -0.2) is 35.5 Å². The van der Waals surface area contributed by atoms with Crippen molar-refractivity contribution in [2.75, 3.05) is 24.5 Å². The van der Waals surface area contributed by atoms with Crippen LogP contribution in [0.4, 0.5) is 15.8 Å². The zero-order valence-electron chi connectivity index (χ0n) is 14.3. The van der Waals surface area contributed by atoms with Crippen LogP contribution >= 0.6 is 0 Å². The van der Waals surface area contributed by atoms with E-state index in [1.165, 1.54) is 11.6 Å². The molecule has 0 bridgehead atoms. The van der Waals surface area contributed by atoms with Crippen molar-refractivity contribution in [2.45, 2.75) is 25.9 Å². The minimum Gasteiger partial charge on any atom is -0.365 e. The largest absolute Gasteiger partial charge is 0.365 e. The van der Waals surface area contributed by atoms with E-state index < -0.39 is 16.4 Å². The maximum Gasteiger partial charge on any atom is 0.327 e. The van der Waals surface area contributed by atoms with E-state index in [-0.39, 0.29) is 0 Å². The summed E-state index contributed by atoms with van der Waals surface area (Å²) in [7, 11) is 0. The summed E-state index contributed by atoms with van der Waals surface area (Å²) in [6.07, 6.45) is 0.875. The number of nitro benzene ring substituents is 1. The van der Waals surface area contributed by atoms with Gasteiger partial charge in [0.2, 0.25) is 5.82 Å². The summed E-state index contributed by atoms with van der Waals surface area (Å²) in [5.41, 5.74) is 1.20. The first-order valence-corrected chi connectivity index (χ1v) is 8.52. The molecule has 2 aromatic rings. The van der Waals surface area contributed by atoms with Gasteiger partial charge in [-0.3, -0.25) is 15.0 Å². The average molecular weight is 343 g/mol. The highest BCUT2D eigenvalue weighted by Crippen LogP contribution is 2.32. The van der Waals surface area contributed by atoms with Crippen molar-refractivity contribution in [2.24, 2.45) is 0 Å². The van der Waals surface area contributed by atoms with Crippen molar-refractivity contribution < 1.29 is 9.31 Å². The van der Waals surface area contributed by atoms with E-state index in [1.807, 2.05) is 23.1 Å². The van der Waals surface area contributed by atoms with Gasteiger partial charge in [-0.2, -0.15) is 4.39 Å². The molecule has 0 spiro atoms. The van der Waals surface area contributed by atoms with Crippen LogP contribution in [0.5, 0.6) is 0 Å². The minimum atomic E-state index is -0.777. The topological polar surface area (TPSA) is 49.6 Å².